The summed E-state index contributed by atoms with van der Waals surface area (Å²) in [4.78, 5) is 42.7. The third-order valence-electron chi connectivity index (χ3n) is 4.30. The molecule has 6 N–H and O–H groups in total. The van der Waals surface area contributed by atoms with Gasteiger partial charge in [-0.1, -0.05) is 35.8 Å². The largest absolute Gasteiger partial charge is 0.467 e. The van der Waals surface area contributed by atoms with E-state index in [-0.39, 0.29) is 30.5 Å². The highest BCUT2D eigenvalue weighted by Gasteiger charge is 2.24. The second-order valence-corrected chi connectivity index (χ2v) is 6.69. The van der Waals surface area contributed by atoms with Crippen LogP contribution in [0.3, 0.4) is 0 Å². The number of hydrogen-bond acceptors (Lipinski definition) is 9. The van der Waals surface area contributed by atoms with E-state index < -0.39 is 29.0 Å². The van der Waals surface area contributed by atoms with E-state index in [9.17, 15) is 19.7 Å². The number of hydrazine groups is 1. The van der Waals surface area contributed by atoms with Gasteiger partial charge in [0.15, 0.2) is 10.7 Å². The minimum absolute atomic E-state index is 0.0325. The highest BCUT2D eigenvalue weighted by molar-refractivity contribution is 5.94. The number of esters is 1. The molecule has 0 saturated heterocycles. The lowest BCUT2D eigenvalue weighted by Crippen LogP contribution is -2.42. The molecule has 13 nitrogen and oxygen atoms in total. The third kappa shape index (κ3) is 7.68. The van der Waals surface area contributed by atoms with Crippen LogP contribution in [0.25, 0.3) is 0 Å². The first-order valence-electron chi connectivity index (χ1n) is 9.64. The molecule has 1 aromatic heterocycles. The summed E-state index contributed by atoms with van der Waals surface area (Å²) in [6.45, 7) is 0.0957. The summed E-state index contributed by atoms with van der Waals surface area (Å²) in [7, 11) is 1.19. The number of carbonyl (C=O) groups excluding carboxylic acids is 2. The van der Waals surface area contributed by atoms with Crippen molar-refractivity contribution in [2.24, 2.45) is 16.5 Å². The van der Waals surface area contributed by atoms with Gasteiger partial charge in [-0.25, -0.2) is 24.9 Å². The molecule has 0 aliphatic rings. The number of benzene rings is 1. The van der Waals surface area contributed by atoms with E-state index in [1.165, 1.54) is 7.11 Å². The summed E-state index contributed by atoms with van der Waals surface area (Å²) >= 11 is 0. The average molecular weight is 447 g/mol. The first-order valence-corrected chi connectivity index (χ1v) is 9.64. The van der Waals surface area contributed by atoms with Crippen LogP contribution in [-0.4, -0.2) is 47.5 Å². The van der Waals surface area contributed by atoms with Crippen LogP contribution in [0.15, 0.2) is 46.0 Å². The van der Waals surface area contributed by atoms with Crippen molar-refractivity contribution >= 4 is 17.8 Å². The van der Waals surface area contributed by atoms with Gasteiger partial charge in [0.05, 0.1) is 13.2 Å². The Morgan fingerprint density at radius 3 is 2.72 bits per heavy atom. The van der Waals surface area contributed by atoms with Gasteiger partial charge in [0, 0.05) is 6.54 Å². The van der Waals surface area contributed by atoms with E-state index in [2.05, 4.69) is 15.3 Å². The summed E-state index contributed by atoms with van der Waals surface area (Å²) in [5, 5.41) is 12.0. The number of oxazole rings is 1. The predicted molar refractivity (Wildman–Crippen MR) is 113 cm³/mol. The van der Waals surface area contributed by atoms with Crippen molar-refractivity contribution in [1.29, 1.82) is 0 Å². The van der Waals surface area contributed by atoms with E-state index in [1.54, 1.807) is 5.43 Å². The molecule has 1 amide bonds. The van der Waals surface area contributed by atoms with Gasteiger partial charge in [-0.3, -0.25) is 4.79 Å². The Morgan fingerprint density at radius 1 is 1.34 bits per heavy atom. The number of nitrogens with two attached hydrogens (primary N) is 2. The Kier molecular flexibility index (Phi) is 9.10. The smallest absolute Gasteiger partial charge is 0.328 e. The molecular formula is C19H25N7O6. The summed E-state index contributed by atoms with van der Waals surface area (Å²) < 4.78 is 10.0. The first kappa shape index (κ1) is 24.3. The Hall–Kier alpha value is -4.00. The van der Waals surface area contributed by atoms with Crippen molar-refractivity contribution in [1.82, 2.24) is 15.7 Å². The molecule has 1 heterocycles. The Labute approximate surface area is 183 Å². The molecule has 0 fully saturated rings. The van der Waals surface area contributed by atoms with Crippen LogP contribution in [-0.2, 0) is 16.0 Å². The van der Waals surface area contributed by atoms with Gasteiger partial charge in [0.25, 0.3) is 11.9 Å². The number of ether oxygens (including phenoxy) is 1. The van der Waals surface area contributed by atoms with Gasteiger partial charge in [-0.2, -0.15) is 0 Å². The highest BCUT2D eigenvalue weighted by Crippen LogP contribution is 2.16. The molecule has 0 bridgehead atoms. The summed E-state index contributed by atoms with van der Waals surface area (Å²) in [5.41, 5.74) is 14.1. The van der Waals surface area contributed by atoms with Gasteiger partial charge in [0.1, 0.15) is 12.3 Å². The van der Waals surface area contributed by atoms with Crippen LogP contribution in [0.4, 0.5) is 0 Å². The summed E-state index contributed by atoms with van der Waals surface area (Å²) in [6.07, 6.45) is 2.10. The van der Waals surface area contributed by atoms with Crippen LogP contribution in [0.5, 0.6) is 0 Å². The number of aliphatic imine (C=N–C) groups is 1. The molecular weight excluding hydrogens is 422 g/mol. The van der Waals surface area contributed by atoms with Crippen LogP contribution < -0.4 is 22.2 Å². The monoisotopic (exact) mass is 447 g/mol. The van der Waals surface area contributed by atoms with Crippen LogP contribution >= 0.6 is 0 Å². The molecule has 0 radical (unpaired) electrons. The van der Waals surface area contributed by atoms with E-state index in [0.717, 1.165) is 11.8 Å². The zero-order valence-electron chi connectivity index (χ0n) is 17.4. The number of rotatable bonds is 11. The fourth-order valence-corrected chi connectivity index (χ4v) is 2.76. The van der Waals surface area contributed by atoms with Gasteiger partial charge in [0.2, 0.25) is 5.89 Å². The van der Waals surface area contributed by atoms with Crippen molar-refractivity contribution in [3.05, 3.63) is 63.9 Å². The third-order valence-corrected chi connectivity index (χ3v) is 4.30. The SMILES string of the molecule is COC(=O)C(CCCN=C(N)N[N+](=O)[O-])NC(=O)c1coc(C(N)Cc2ccccc2)n1. The molecule has 172 valence electrons. The fraction of sp³-hybridized carbons (Fsp3) is 0.368. The summed E-state index contributed by atoms with van der Waals surface area (Å²) in [5.74, 6) is -1.48. The minimum Gasteiger partial charge on any atom is -0.467 e. The van der Waals surface area contributed by atoms with Crippen molar-refractivity contribution in [2.75, 3.05) is 13.7 Å². The number of nitro groups is 1. The van der Waals surface area contributed by atoms with E-state index >= 15 is 0 Å². The maximum Gasteiger partial charge on any atom is 0.328 e. The average Bonchev–Trinajstić information content (AvgIpc) is 3.26. The number of amides is 1. The number of carbonyl (C=O) groups is 2. The van der Waals surface area contributed by atoms with Crippen molar-refractivity contribution in [3.63, 3.8) is 0 Å². The second-order valence-electron chi connectivity index (χ2n) is 6.69. The number of hydrogen-bond donors (Lipinski definition) is 4. The van der Waals surface area contributed by atoms with Crippen molar-refractivity contribution in [2.45, 2.75) is 31.3 Å². The van der Waals surface area contributed by atoms with Crippen LogP contribution in [0.1, 0.15) is 40.8 Å². The standard InChI is InChI=1S/C19H25N7O6/c1-31-18(28)14(8-5-9-22-19(21)25-26(29)30)23-16(27)15-11-32-17(24-15)13(20)10-12-6-3-2-4-7-12/h2-4,6-7,11,13-14H,5,8-10,20H2,1H3,(H,23,27)(H3,21,22,25). The topological polar surface area (TPSA) is 201 Å². The number of nitrogens with one attached hydrogen (secondary N) is 2. The maximum atomic E-state index is 12.5. The number of aromatic nitrogens is 1. The molecule has 32 heavy (non-hydrogen) atoms. The van der Waals surface area contributed by atoms with Crippen molar-refractivity contribution < 1.29 is 23.8 Å². The predicted octanol–water partition coefficient (Wildman–Crippen LogP) is 0.0647. The Bertz CT molecular complexity index is 947. The fourth-order valence-electron chi connectivity index (χ4n) is 2.76. The van der Waals surface area contributed by atoms with Gasteiger partial charge >= 0.3 is 5.97 Å². The van der Waals surface area contributed by atoms with Gasteiger partial charge in [-0.05, 0) is 24.8 Å². The lowest BCUT2D eigenvalue weighted by molar-refractivity contribution is -0.525. The molecule has 1 aromatic carbocycles. The normalized spacial score (nSPS) is 13.1. The number of nitrogens with zero attached hydrogens (tertiary/aromatic N) is 3. The van der Waals surface area contributed by atoms with E-state index in [4.69, 9.17) is 20.6 Å². The number of methoxy groups -OCH3 is 1. The minimum atomic E-state index is -0.981. The zero-order valence-corrected chi connectivity index (χ0v) is 17.4. The molecule has 0 aliphatic carbocycles. The lowest BCUT2D eigenvalue weighted by atomic mass is 10.1. The molecule has 2 unspecified atom stereocenters. The molecule has 0 saturated carbocycles. The molecule has 0 spiro atoms. The van der Waals surface area contributed by atoms with Crippen LogP contribution in [0.2, 0.25) is 0 Å². The van der Waals surface area contributed by atoms with E-state index in [1.807, 2.05) is 30.3 Å². The molecule has 2 aromatic rings. The van der Waals surface area contributed by atoms with E-state index in [0.29, 0.717) is 12.8 Å². The van der Waals surface area contributed by atoms with Crippen LogP contribution in [0, 0.1) is 10.1 Å². The first-order chi connectivity index (χ1) is 15.3. The highest BCUT2D eigenvalue weighted by atomic mass is 16.7. The molecule has 0 aliphatic heterocycles. The lowest BCUT2D eigenvalue weighted by Gasteiger charge is -2.15. The zero-order chi connectivity index (χ0) is 23.5. The van der Waals surface area contributed by atoms with Crippen molar-refractivity contribution in [3.8, 4) is 0 Å². The Morgan fingerprint density at radius 2 is 2.06 bits per heavy atom. The number of guanidine groups is 1. The summed E-state index contributed by atoms with van der Waals surface area (Å²) in [6, 6.07) is 7.98. The van der Waals surface area contributed by atoms with Gasteiger partial charge < -0.3 is 25.9 Å². The maximum absolute atomic E-state index is 12.5. The van der Waals surface area contributed by atoms with Gasteiger partial charge in [-0.15, -0.1) is 0 Å². The second kappa shape index (κ2) is 12.0. The molecule has 2 atom stereocenters. The Balaban J connectivity index is 1.93. The molecule has 2 rings (SSSR count). The quantitative estimate of drug-likeness (QED) is 0.0911. The molecule has 13 heteroatoms.